The first-order valence-electron chi connectivity index (χ1n) is 12.8. The van der Waals surface area contributed by atoms with Crippen LogP contribution in [0.15, 0.2) is 41.3 Å². The van der Waals surface area contributed by atoms with Crippen LogP contribution in [-0.4, -0.2) is 86.5 Å². The van der Waals surface area contributed by atoms with Crippen molar-refractivity contribution in [2.24, 2.45) is 23.3 Å². The average molecular weight is 509 g/mol. The monoisotopic (exact) mass is 508 g/mol. The van der Waals surface area contributed by atoms with Gasteiger partial charge in [0, 0.05) is 57.5 Å². The topological polar surface area (TPSA) is 143 Å². The number of amides is 3. The molecule has 3 heterocycles. The Bertz CT molecular complexity index is 1230. The van der Waals surface area contributed by atoms with Gasteiger partial charge in [0.25, 0.3) is 0 Å². The Kier molecular flexibility index (Phi) is 6.55. The van der Waals surface area contributed by atoms with Gasteiger partial charge in [0.15, 0.2) is 0 Å². The van der Waals surface area contributed by atoms with Crippen LogP contribution in [0.1, 0.15) is 26.3 Å². The molecule has 5 N–H and O–H groups in total. The number of nitrogens with zero attached hydrogens (tertiary/aromatic N) is 5. The lowest BCUT2D eigenvalue weighted by Crippen LogP contribution is -2.61. The molecule has 11 heteroatoms. The number of carbonyl (C=O) groups is 2. The molecule has 0 spiro atoms. The number of carbonyl (C=O) groups excluding carboxylic acids is 2. The number of likely N-dealkylation sites (tertiary alicyclic amines) is 1. The van der Waals surface area contributed by atoms with Gasteiger partial charge in [-0.2, -0.15) is 4.98 Å². The van der Waals surface area contributed by atoms with Crippen LogP contribution in [0.25, 0.3) is 5.69 Å². The lowest BCUT2D eigenvalue weighted by Gasteiger charge is -2.41. The molecule has 1 aromatic heterocycles. The fourth-order valence-electron chi connectivity index (χ4n) is 5.51. The van der Waals surface area contributed by atoms with Crippen molar-refractivity contribution in [3.05, 3.63) is 52.6 Å². The number of benzene rings is 1. The number of hydrogen-bond donors (Lipinski definition) is 3. The third kappa shape index (κ3) is 5.25. The van der Waals surface area contributed by atoms with Crippen molar-refractivity contribution >= 4 is 17.8 Å². The smallest absolute Gasteiger partial charge is 0.337 e. The summed E-state index contributed by atoms with van der Waals surface area (Å²) in [5.74, 6) is 1.35. The minimum absolute atomic E-state index is 0.144. The molecular formula is C26H36N8O3. The van der Waals surface area contributed by atoms with Crippen LogP contribution in [0.2, 0.25) is 0 Å². The van der Waals surface area contributed by atoms with E-state index in [1.54, 1.807) is 35.9 Å². The van der Waals surface area contributed by atoms with E-state index in [9.17, 15) is 14.4 Å². The van der Waals surface area contributed by atoms with Gasteiger partial charge in [-0.25, -0.2) is 9.59 Å². The molecule has 2 aliphatic heterocycles. The van der Waals surface area contributed by atoms with E-state index in [0.717, 1.165) is 19.6 Å². The second-order valence-electron chi connectivity index (χ2n) is 11.2. The highest BCUT2D eigenvalue weighted by atomic mass is 16.2. The summed E-state index contributed by atoms with van der Waals surface area (Å²) in [6, 6.07) is 9.29. The molecule has 1 saturated carbocycles. The SMILES string of the molecule is CC1CN(C(=O)C(C)(C)N)CCN1C(=O)Nc1ccn(-c2ccc(CN3CC4C(N)C4C3)cc2)c(=O)n1. The van der Waals surface area contributed by atoms with E-state index in [1.165, 1.54) is 10.1 Å². The molecule has 37 heavy (non-hydrogen) atoms. The average Bonchev–Trinajstić information content (AvgIpc) is 3.23. The normalized spacial score (nSPS) is 25.6. The van der Waals surface area contributed by atoms with Gasteiger partial charge in [0.05, 0.1) is 11.2 Å². The van der Waals surface area contributed by atoms with E-state index in [-0.39, 0.29) is 23.8 Å². The Morgan fingerprint density at radius 2 is 1.76 bits per heavy atom. The lowest BCUT2D eigenvalue weighted by molar-refractivity contribution is -0.138. The summed E-state index contributed by atoms with van der Waals surface area (Å²) < 4.78 is 1.45. The van der Waals surface area contributed by atoms with E-state index in [0.29, 0.717) is 43.2 Å². The van der Waals surface area contributed by atoms with Crippen molar-refractivity contribution in [2.45, 2.75) is 44.9 Å². The zero-order chi connectivity index (χ0) is 26.5. The minimum Gasteiger partial charge on any atom is -0.337 e. The minimum atomic E-state index is -0.957. The molecule has 0 radical (unpaired) electrons. The van der Waals surface area contributed by atoms with Crippen molar-refractivity contribution in [2.75, 3.05) is 38.0 Å². The second kappa shape index (κ2) is 9.55. The predicted octanol–water partition coefficient (Wildman–Crippen LogP) is 0.423. The molecule has 198 valence electrons. The van der Waals surface area contributed by atoms with E-state index >= 15 is 0 Å². The molecule has 11 nitrogen and oxygen atoms in total. The quantitative estimate of drug-likeness (QED) is 0.531. The molecule has 3 fully saturated rings. The maximum absolute atomic E-state index is 12.9. The summed E-state index contributed by atoms with van der Waals surface area (Å²) in [7, 11) is 0. The Hall–Kier alpha value is -3.28. The molecule has 1 aromatic carbocycles. The summed E-state index contributed by atoms with van der Waals surface area (Å²) in [4.78, 5) is 47.9. The van der Waals surface area contributed by atoms with Crippen LogP contribution in [0.3, 0.4) is 0 Å². The zero-order valence-electron chi connectivity index (χ0n) is 21.6. The first-order chi connectivity index (χ1) is 17.5. The van der Waals surface area contributed by atoms with Gasteiger partial charge in [0.2, 0.25) is 5.91 Å². The Labute approximate surface area is 216 Å². The van der Waals surface area contributed by atoms with E-state index in [4.69, 9.17) is 11.5 Å². The van der Waals surface area contributed by atoms with E-state index in [2.05, 4.69) is 15.2 Å². The fraction of sp³-hybridized carbons (Fsp3) is 0.538. The third-order valence-electron chi connectivity index (χ3n) is 7.72. The summed E-state index contributed by atoms with van der Waals surface area (Å²) >= 11 is 0. The summed E-state index contributed by atoms with van der Waals surface area (Å²) in [6.45, 7) is 9.37. The molecule has 3 unspecified atom stereocenters. The van der Waals surface area contributed by atoms with Crippen LogP contribution < -0.4 is 22.5 Å². The van der Waals surface area contributed by atoms with E-state index in [1.807, 2.05) is 31.2 Å². The number of rotatable bonds is 5. The number of fused-ring (bicyclic) bond motifs is 1. The Balaban J connectivity index is 1.17. The highest BCUT2D eigenvalue weighted by Crippen LogP contribution is 2.44. The number of urea groups is 1. The number of hydrogen-bond acceptors (Lipinski definition) is 7. The van der Waals surface area contributed by atoms with Crippen molar-refractivity contribution < 1.29 is 9.59 Å². The summed E-state index contributed by atoms with van der Waals surface area (Å²) in [6.07, 6.45) is 1.61. The van der Waals surface area contributed by atoms with Gasteiger partial charge in [-0.15, -0.1) is 0 Å². The predicted molar refractivity (Wildman–Crippen MR) is 140 cm³/mol. The highest BCUT2D eigenvalue weighted by molar-refractivity contribution is 5.89. The second-order valence-corrected chi connectivity index (χ2v) is 11.2. The molecule has 3 atom stereocenters. The Morgan fingerprint density at radius 3 is 2.35 bits per heavy atom. The van der Waals surface area contributed by atoms with Gasteiger partial charge in [-0.3, -0.25) is 19.6 Å². The first-order valence-corrected chi connectivity index (χ1v) is 12.8. The number of anilines is 1. The number of nitrogens with two attached hydrogens (primary N) is 2. The standard InChI is InChI=1S/C26H36N8O3/c1-16-12-32(23(35)26(2,3)28)10-11-33(16)24(36)29-21-8-9-34(25(37)30-21)18-6-4-17(5-7-18)13-31-14-19-20(15-31)22(19)27/h4-9,16,19-20,22H,10-15,27-28H2,1-3H3,(H,29,30,36,37). The van der Waals surface area contributed by atoms with E-state index < -0.39 is 11.2 Å². The van der Waals surface area contributed by atoms with Gasteiger partial charge in [0.1, 0.15) is 5.82 Å². The van der Waals surface area contributed by atoms with Crippen molar-refractivity contribution in [1.82, 2.24) is 24.3 Å². The molecule has 1 aliphatic carbocycles. The van der Waals surface area contributed by atoms with Gasteiger partial charge in [-0.05, 0) is 56.4 Å². The summed E-state index contributed by atoms with van der Waals surface area (Å²) in [5, 5.41) is 2.72. The summed E-state index contributed by atoms with van der Waals surface area (Å²) in [5.41, 5.74) is 12.4. The van der Waals surface area contributed by atoms with Gasteiger partial charge in [-0.1, -0.05) is 12.1 Å². The molecule has 5 rings (SSSR count). The van der Waals surface area contributed by atoms with Crippen LogP contribution >= 0.6 is 0 Å². The largest absolute Gasteiger partial charge is 0.354 e. The molecule has 3 amide bonds. The van der Waals surface area contributed by atoms with Gasteiger partial charge < -0.3 is 21.3 Å². The van der Waals surface area contributed by atoms with Crippen LogP contribution in [0.4, 0.5) is 10.6 Å². The molecule has 2 aromatic rings. The fourth-order valence-corrected chi connectivity index (χ4v) is 5.51. The van der Waals surface area contributed by atoms with Crippen molar-refractivity contribution in [1.29, 1.82) is 0 Å². The first kappa shape index (κ1) is 25.4. The number of piperidine rings is 1. The highest BCUT2D eigenvalue weighted by Gasteiger charge is 2.53. The molecule has 2 saturated heterocycles. The van der Waals surface area contributed by atoms with Crippen molar-refractivity contribution in [3.63, 3.8) is 0 Å². The maximum Gasteiger partial charge on any atom is 0.354 e. The van der Waals surface area contributed by atoms with Crippen molar-refractivity contribution in [3.8, 4) is 5.69 Å². The molecular weight excluding hydrogens is 472 g/mol. The molecule has 0 bridgehead atoms. The van der Waals surface area contributed by atoms with Crippen LogP contribution in [-0.2, 0) is 11.3 Å². The van der Waals surface area contributed by atoms with Gasteiger partial charge >= 0.3 is 11.7 Å². The maximum atomic E-state index is 12.9. The molecule has 3 aliphatic rings. The number of piperazine rings is 1. The number of nitrogens with one attached hydrogen (secondary N) is 1. The van der Waals surface area contributed by atoms with Crippen LogP contribution in [0.5, 0.6) is 0 Å². The zero-order valence-corrected chi connectivity index (χ0v) is 21.6. The van der Waals surface area contributed by atoms with Crippen LogP contribution in [0, 0.1) is 11.8 Å². The third-order valence-corrected chi connectivity index (χ3v) is 7.72. The number of aromatic nitrogens is 2. The Morgan fingerprint density at radius 1 is 1.08 bits per heavy atom. The lowest BCUT2D eigenvalue weighted by atomic mass is 10.0.